The van der Waals surface area contributed by atoms with E-state index in [1.807, 2.05) is 4.90 Å². The van der Waals surface area contributed by atoms with E-state index in [4.69, 9.17) is 0 Å². The normalized spacial score (nSPS) is 15.7. The molecule has 0 atom stereocenters. The molecule has 1 saturated heterocycles. The van der Waals surface area contributed by atoms with Crippen LogP contribution in [-0.4, -0.2) is 47.7 Å². The van der Waals surface area contributed by atoms with E-state index in [0.29, 0.717) is 36.1 Å². The number of nitrogens with zero attached hydrogens (tertiary/aromatic N) is 3. The van der Waals surface area contributed by atoms with Crippen molar-refractivity contribution in [2.45, 2.75) is 20.3 Å². The number of amides is 1. The first-order valence-electron chi connectivity index (χ1n) is 6.69. The Morgan fingerprint density at radius 1 is 1.24 bits per heavy atom. The summed E-state index contributed by atoms with van der Waals surface area (Å²) in [6, 6.07) is 1.34. The molecule has 0 aromatic carbocycles. The van der Waals surface area contributed by atoms with Crippen molar-refractivity contribution in [3.63, 3.8) is 0 Å². The zero-order valence-electron chi connectivity index (χ0n) is 12.0. The van der Waals surface area contributed by atoms with Gasteiger partial charge in [0, 0.05) is 39.2 Å². The highest BCUT2D eigenvalue weighted by atomic mass is 32.1. The Bertz CT molecular complexity index is 584. The average molecular weight is 311 g/mol. The summed E-state index contributed by atoms with van der Waals surface area (Å²) in [5.41, 5.74) is -0.0264. The Labute approximate surface area is 126 Å². The van der Waals surface area contributed by atoms with E-state index in [-0.39, 0.29) is 17.4 Å². The number of carbonyl (C=O) groups is 2. The SMILES string of the molecule is CC(=O)c1cc([N+](=O)[O-])c(N2CCCN(C(C)=O)CC2)s1. The molecule has 7 nitrogen and oxygen atoms in total. The molecule has 0 spiro atoms. The van der Waals surface area contributed by atoms with Crippen LogP contribution in [0, 0.1) is 10.1 Å². The number of hydrogen-bond acceptors (Lipinski definition) is 6. The molecule has 1 aliphatic rings. The molecule has 0 aliphatic carbocycles. The lowest BCUT2D eigenvalue weighted by Gasteiger charge is -2.21. The second-order valence-electron chi connectivity index (χ2n) is 4.96. The number of ketones is 1. The minimum atomic E-state index is -0.452. The maximum Gasteiger partial charge on any atom is 0.304 e. The predicted octanol–water partition coefficient (Wildman–Crippen LogP) is 1.92. The minimum absolute atomic E-state index is 0.0157. The number of thiophene rings is 1. The number of rotatable bonds is 3. The summed E-state index contributed by atoms with van der Waals surface area (Å²) in [6.07, 6.45) is 0.754. The van der Waals surface area contributed by atoms with E-state index < -0.39 is 4.92 Å². The van der Waals surface area contributed by atoms with Crippen molar-refractivity contribution in [3.05, 3.63) is 21.1 Å². The van der Waals surface area contributed by atoms with Gasteiger partial charge in [0.2, 0.25) is 5.91 Å². The first-order chi connectivity index (χ1) is 9.90. The first-order valence-corrected chi connectivity index (χ1v) is 7.51. The van der Waals surface area contributed by atoms with Gasteiger partial charge in [-0.25, -0.2) is 0 Å². The molecular weight excluding hydrogens is 294 g/mol. The van der Waals surface area contributed by atoms with Crippen LogP contribution in [-0.2, 0) is 4.79 Å². The van der Waals surface area contributed by atoms with E-state index in [1.165, 1.54) is 19.9 Å². The highest BCUT2D eigenvalue weighted by molar-refractivity contribution is 7.18. The molecule has 0 bridgehead atoms. The van der Waals surface area contributed by atoms with Crippen LogP contribution in [0.2, 0.25) is 0 Å². The maximum atomic E-state index is 11.4. The molecule has 1 aromatic rings. The fraction of sp³-hybridized carbons (Fsp3) is 0.538. The monoisotopic (exact) mass is 311 g/mol. The van der Waals surface area contributed by atoms with Crippen LogP contribution in [0.1, 0.15) is 29.9 Å². The second kappa shape index (κ2) is 6.21. The smallest absolute Gasteiger partial charge is 0.304 e. The molecule has 8 heteroatoms. The average Bonchev–Trinajstić information content (AvgIpc) is 2.71. The van der Waals surface area contributed by atoms with Crippen LogP contribution >= 0.6 is 11.3 Å². The molecule has 2 rings (SSSR count). The summed E-state index contributed by atoms with van der Waals surface area (Å²) in [7, 11) is 0. The molecule has 0 radical (unpaired) electrons. The van der Waals surface area contributed by atoms with E-state index in [2.05, 4.69) is 0 Å². The zero-order valence-corrected chi connectivity index (χ0v) is 12.8. The molecule has 0 saturated carbocycles. The van der Waals surface area contributed by atoms with Gasteiger partial charge in [0.15, 0.2) is 10.8 Å². The van der Waals surface area contributed by atoms with Gasteiger partial charge >= 0.3 is 5.69 Å². The molecule has 114 valence electrons. The fourth-order valence-electron chi connectivity index (χ4n) is 2.34. The molecule has 0 N–H and O–H groups in total. The van der Waals surface area contributed by atoms with Crippen molar-refractivity contribution in [2.24, 2.45) is 0 Å². The van der Waals surface area contributed by atoms with Gasteiger partial charge in [-0.3, -0.25) is 19.7 Å². The highest BCUT2D eigenvalue weighted by Crippen LogP contribution is 2.38. The lowest BCUT2D eigenvalue weighted by molar-refractivity contribution is -0.383. The molecule has 1 aliphatic heterocycles. The molecular formula is C13H17N3O4S. The third-order valence-electron chi connectivity index (χ3n) is 3.47. The Morgan fingerprint density at radius 3 is 2.52 bits per heavy atom. The van der Waals surface area contributed by atoms with Crippen molar-refractivity contribution in [3.8, 4) is 0 Å². The Kier molecular flexibility index (Phi) is 4.56. The van der Waals surface area contributed by atoms with Gasteiger partial charge in [0.25, 0.3) is 0 Å². The van der Waals surface area contributed by atoms with Crippen molar-refractivity contribution in [1.82, 2.24) is 4.90 Å². The summed E-state index contributed by atoms with van der Waals surface area (Å²) >= 11 is 1.15. The topological polar surface area (TPSA) is 83.8 Å². The zero-order chi connectivity index (χ0) is 15.6. The molecule has 1 fully saturated rings. The van der Waals surface area contributed by atoms with Gasteiger partial charge in [0.1, 0.15) is 0 Å². The van der Waals surface area contributed by atoms with Crippen molar-refractivity contribution < 1.29 is 14.5 Å². The quantitative estimate of drug-likeness (QED) is 0.484. The van der Waals surface area contributed by atoms with Crippen LogP contribution in [0.4, 0.5) is 10.7 Å². The predicted molar refractivity (Wildman–Crippen MR) is 80.1 cm³/mol. The van der Waals surface area contributed by atoms with Crippen molar-refractivity contribution >= 4 is 33.7 Å². The third kappa shape index (κ3) is 3.38. The number of hydrogen-bond donors (Lipinski definition) is 0. The number of Topliss-reactive ketones (excluding diaryl/α,β-unsaturated/α-hetero) is 1. The van der Waals surface area contributed by atoms with E-state index in [9.17, 15) is 19.7 Å². The largest absolute Gasteiger partial charge is 0.356 e. The standard InChI is InChI=1S/C13H17N3O4S/c1-9(17)12-8-11(16(19)20)13(21-12)15-5-3-4-14(6-7-15)10(2)18/h8H,3-7H2,1-2H3. The lowest BCUT2D eigenvalue weighted by Crippen LogP contribution is -2.33. The minimum Gasteiger partial charge on any atom is -0.356 e. The summed E-state index contributed by atoms with van der Waals surface area (Å²) in [5.74, 6) is -0.156. The lowest BCUT2D eigenvalue weighted by atomic mass is 10.3. The van der Waals surface area contributed by atoms with Crippen LogP contribution in [0.25, 0.3) is 0 Å². The van der Waals surface area contributed by atoms with E-state index in [1.54, 1.807) is 4.90 Å². The van der Waals surface area contributed by atoms with Crippen LogP contribution in [0.3, 0.4) is 0 Å². The summed E-state index contributed by atoms with van der Waals surface area (Å²) in [5, 5.41) is 11.7. The number of nitro groups is 1. The van der Waals surface area contributed by atoms with Gasteiger partial charge in [-0.05, 0) is 13.3 Å². The van der Waals surface area contributed by atoms with Gasteiger partial charge in [0.05, 0.1) is 9.80 Å². The van der Waals surface area contributed by atoms with Crippen LogP contribution in [0.15, 0.2) is 6.07 Å². The van der Waals surface area contributed by atoms with Crippen LogP contribution < -0.4 is 4.90 Å². The Balaban J connectivity index is 2.26. The van der Waals surface area contributed by atoms with Gasteiger partial charge < -0.3 is 9.80 Å². The summed E-state index contributed by atoms with van der Waals surface area (Å²) < 4.78 is 0. The Morgan fingerprint density at radius 2 is 1.95 bits per heavy atom. The maximum absolute atomic E-state index is 11.4. The van der Waals surface area contributed by atoms with Gasteiger partial charge in [-0.15, -0.1) is 11.3 Å². The summed E-state index contributed by atoms with van der Waals surface area (Å²) in [4.78, 5) is 37.6. The fourth-order valence-corrected chi connectivity index (χ4v) is 3.41. The number of anilines is 1. The highest BCUT2D eigenvalue weighted by Gasteiger charge is 2.27. The summed E-state index contributed by atoms with van der Waals surface area (Å²) in [6.45, 7) is 5.31. The molecule has 2 heterocycles. The molecule has 21 heavy (non-hydrogen) atoms. The van der Waals surface area contributed by atoms with E-state index in [0.717, 1.165) is 17.8 Å². The van der Waals surface area contributed by atoms with Crippen LogP contribution in [0.5, 0.6) is 0 Å². The third-order valence-corrected chi connectivity index (χ3v) is 4.75. The molecule has 1 aromatic heterocycles. The van der Waals surface area contributed by atoms with Crippen molar-refractivity contribution in [1.29, 1.82) is 0 Å². The van der Waals surface area contributed by atoms with Crippen molar-refractivity contribution in [2.75, 3.05) is 31.1 Å². The van der Waals surface area contributed by atoms with E-state index >= 15 is 0 Å². The first kappa shape index (κ1) is 15.4. The Hall–Kier alpha value is -1.96. The van der Waals surface area contributed by atoms with Gasteiger partial charge in [-0.1, -0.05) is 0 Å². The van der Waals surface area contributed by atoms with Gasteiger partial charge in [-0.2, -0.15) is 0 Å². The molecule has 0 unspecified atom stereocenters. The molecule has 1 amide bonds. The second-order valence-corrected chi connectivity index (χ2v) is 5.99. The number of carbonyl (C=O) groups excluding carboxylic acids is 2.